The van der Waals surface area contributed by atoms with Gasteiger partial charge in [-0.15, -0.1) is 0 Å². The minimum Gasteiger partial charge on any atom is -0.349 e. The average molecular weight is 435 g/mol. The third-order valence-electron chi connectivity index (χ3n) is 4.63. The minimum absolute atomic E-state index is 0.104. The summed E-state index contributed by atoms with van der Waals surface area (Å²) in [6.45, 7) is 1.82. The van der Waals surface area contributed by atoms with Crippen molar-refractivity contribution in [1.29, 1.82) is 0 Å². The largest absolute Gasteiger partial charge is 0.416 e. The fraction of sp³-hybridized carbons (Fsp3) is 0.222. The number of halogens is 4. The summed E-state index contributed by atoms with van der Waals surface area (Å²) < 4.78 is 41.4. The van der Waals surface area contributed by atoms with Crippen LogP contribution in [0.2, 0.25) is 5.02 Å². The molecule has 0 saturated carbocycles. The van der Waals surface area contributed by atoms with Crippen LogP contribution in [0.4, 0.5) is 19.0 Å². The summed E-state index contributed by atoms with van der Waals surface area (Å²) in [6, 6.07) is 1.42. The van der Waals surface area contributed by atoms with Crippen molar-refractivity contribution in [3.63, 3.8) is 0 Å². The fourth-order valence-electron chi connectivity index (χ4n) is 3.03. The Morgan fingerprint density at radius 2 is 1.87 bits per heavy atom. The van der Waals surface area contributed by atoms with Gasteiger partial charge in [0, 0.05) is 24.8 Å². The Hall–Kier alpha value is -3.34. The van der Waals surface area contributed by atoms with E-state index in [4.69, 9.17) is 11.6 Å². The maximum atomic E-state index is 13.3. The standard InChI is InChI=1S/C18H14ClF3N8/c1-10(16-27-9-28-30(16)14-7-23-3-4-24-14)29(2)17-12-5-11(18(20,21)22)6-13(19)15(12)25-8-26-17/h3-10H,1-2H3/t10-/m0/s1. The number of hydrogen-bond acceptors (Lipinski definition) is 7. The van der Waals surface area contributed by atoms with Gasteiger partial charge in [-0.3, -0.25) is 4.98 Å². The molecule has 4 rings (SSSR count). The van der Waals surface area contributed by atoms with Crippen molar-refractivity contribution in [2.24, 2.45) is 0 Å². The summed E-state index contributed by atoms with van der Waals surface area (Å²) in [5.74, 6) is 1.23. The van der Waals surface area contributed by atoms with Crippen LogP contribution >= 0.6 is 11.6 Å². The Morgan fingerprint density at radius 3 is 2.57 bits per heavy atom. The molecule has 4 aromatic rings. The van der Waals surface area contributed by atoms with Crippen LogP contribution in [0.3, 0.4) is 0 Å². The molecule has 0 N–H and O–H groups in total. The second-order valence-electron chi connectivity index (χ2n) is 6.43. The molecular formula is C18H14ClF3N8. The van der Waals surface area contributed by atoms with Crippen molar-refractivity contribution in [2.45, 2.75) is 19.1 Å². The van der Waals surface area contributed by atoms with Crippen molar-refractivity contribution >= 4 is 28.3 Å². The monoisotopic (exact) mass is 434 g/mol. The number of nitrogens with zero attached hydrogens (tertiary/aromatic N) is 8. The molecular weight excluding hydrogens is 421 g/mol. The Balaban J connectivity index is 1.80. The summed E-state index contributed by atoms with van der Waals surface area (Å²) in [5, 5.41) is 4.25. The molecule has 154 valence electrons. The lowest BCUT2D eigenvalue weighted by atomic mass is 10.1. The van der Waals surface area contributed by atoms with E-state index in [1.165, 1.54) is 35.9 Å². The highest BCUT2D eigenvalue weighted by molar-refractivity contribution is 6.35. The molecule has 1 atom stereocenters. The van der Waals surface area contributed by atoms with Gasteiger partial charge in [0.2, 0.25) is 0 Å². The van der Waals surface area contributed by atoms with Crippen LogP contribution in [0.5, 0.6) is 0 Å². The average Bonchev–Trinajstić information content (AvgIpc) is 3.22. The highest BCUT2D eigenvalue weighted by Crippen LogP contribution is 2.38. The number of anilines is 1. The topological polar surface area (TPSA) is 85.5 Å². The van der Waals surface area contributed by atoms with E-state index in [0.717, 1.165) is 12.1 Å². The third-order valence-corrected chi connectivity index (χ3v) is 4.92. The zero-order valence-electron chi connectivity index (χ0n) is 15.7. The van der Waals surface area contributed by atoms with E-state index in [2.05, 4.69) is 30.0 Å². The van der Waals surface area contributed by atoms with Crippen LogP contribution < -0.4 is 4.90 Å². The normalized spacial score (nSPS) is 12.9. The first-order valence-electron chi connectivity index (χ1n) is 8.68. The van der Waals surface area contributed by atoms with Gasteiger partial charge in [0.15, 0.2) is 11.6 Å². The summed E-state index contributed by atoms with van der Waals surface area (Å²) in [5.41, 5.74) is -0.649. The summed E-state index contributed by atoms with van der Waals surface area (Å²) in [6.07, 6.45) is 2.65. The quantitative estimate of drug-likeness (QED) is 0.482. The Morgan fingerprint density at radius 1 is 1.07 bits per heavy atom. The molecule has 0 saturated heterocycles. The molecule has 30 heavy (non-hydrogen) atoms. The predicted octanol–water partition coefficient (Wildman–Crippen LogP) is 3.87. The van der Waals surface area contributed by atoms with Gasteiger partial charge < -0.3 is 4.90 Å². The van der Waals surface area contributed by atoms with Gasteiger partial charge in [-0.05, 0) is 19.1 Å². The van der Waals surface area contributed by atoms with Crippen LogP contribution in [0.1, 0.15) is 24.4 Å². The molecule has 3 heterocycles. The number of fused-ring (bicyclic) bond motifs is 1. The van der Waals surface area contributed by atoms with Crippen molar-refractivity contribution in [3.8, 4) is 5.82 Å². The first kappa shape index (κ1) is 20.0. The summed E-state index contributed by atoms with van der Waals surface area (Å²) in [4.78, 5) is 22.4. The zero-order valence-corrected chi connectivity index (χ0v) is 16.5. The van der Waals surface area contributed by atoms with Gasteiger partial charge in [-0.1, -0.05) is 11.6 Å². The maximum Gasteiger partial charge on any atom is 0.416 e. The molecule has 0 aliphatic carbocycles. The SMILES string of the molecule is C[C@@H](c1ncnn1-c1cnccn1)N(C)c1ncnc2c(Cl)cc(C(F)(F)F)cc12. The smallest absolute Gasteiger partial charge is 0.349 e. The fourth-order valence-corrected chi connectivity index (χ4v) is 3.29. The van der Waals surface area contributed by atoms with Crippen LogP contribution in [0.15, 0.2) is 43.4 Å². The first-order chi connectivity index (χ1) is 14.3. The first-order valence-corrected chi connectivity index (χ1v) is 9.05. The zero-order chi connectivity index (χ0) is 21.5. The Kier molecular flexibility index (Phi) is 4.98. The number of rotatable bonds is 4. The lowest BCUT2D eigenvalue weighted by Crippen LogP contribution is -2.26. The second kappa shape index (κ2) is 7.48. The van der Waals surface area contributed by atoms with Crippen molar-refractivity contribution in [1.82, 2.24) is 34.7 Å². The summed E-state index contributed by atoms with van der Waals surface area (Å²) in [7, 11) is 1.69. The van der Waals surface area contributed by atoms with Crippen LogP contribution in [0.25, 0.3) is 16.7 Å². The van der Waals surface area contributed by atoms with Gasteiger partial charge >= 0.3 is 6.18 Å². The molecule has 0 bridgehead atoms. The van der Waals surface area contributed by atoms with E-state index in [9.17, 15) is 13.2 Å². The molecule has 0 unspecified atom stereocenters. The number of hydrogen-bond donors (Lipinski definition) is 0. The van der Waals surface area contributed by atoms with E-state index in [0.29, 0.717) is 11.6 Å². The lowest BCUT2D eigenvalue weighted by Gasteiger charge is -2.26. The molecule has 12 heteroatoms. The van der Waals surface area contributed by atoms with Gasteiger partial charge in [0.05, 0.1) is 28.3 Å². The van der Waals surface area contributed by atoms with Crippen molar-refractivity contribution in [2.75, 3.05) is 11.9 Å². The Labute approximate surface area is 173 Å². The van der Waals surface area contributed by atoms with Gasteiger partial charge in [-0.25, -0.2) is 19.9 Å². The van der Waals surface area contributed by atoms with Crippen LogP contribution in [-0.2, 0) is 6.18 Å². The minimum atomic E-state index is -4.55. The van der Waals surface area contributed by atoms with E-state index >= 15 is 0 Å². The van der Waals surface area contributed by atoms with Crippen LogP contribution in [-0.4, -0.2) is 41.7 Å². The lowest BCUT2D eigenvalue weighted by molar-refractivity contribution is -0.137. The number of benzene rings is 1. The summed E-state index contributed by atoms with van der Waals surface area (Å²) >= 11 is 6.08. The maximum absolute atomic E-state index is 13.3. The molecule has 0 aliphatic rings. The van der Waals surface area contributed by atoms with Crippen molar-refractivity contribution < 1.29 is 13.2 Å². The highest BCUT2D eigenvalue weighted by atomic mass is 35.5. The number of alkyl halides is 3. The molecule has 0 fully saturated rings. The molecule has 0 amide bonds. The molecule has 8 nitrogen and oxygen atoms in total. The van der Waals surface area contributed by atoms with E-state index < -0.39 is 17.8 Å². The van der Waals surface area contributed by atoms with E-state index in [1.807, 2.05) is 6.92 Å². The molecule has 3 aromatic heterocycles. The molecule has 0 aliphatic heterocycles. The van der Waals surface area contributed by atoms with E-state index in [-0.39, 0.29) is 21.7 Å². The van der Waals surface area contributed by atoms with Gasteiger partial charge in [-0.2, -0.15) is 23.0 Å². The molecule has 1 aromatic carbocycles. The van der Waals surface area contributed by atoms with Gasteiger partial charge in [0.1, 0.15) is 18.5 Å². The highest BCUT2D eigenvalue weighted by Gasteiger charge is 2.32. The predicted molar refractivity (Wildman–Crippen MR) is 103 cm³/mol. The third kappa shape index (κ3) is 3.52. The van der Waals surface area contributed by atoms with Gasteiger partial charge in [0.25, 0.3) is 0 Å². The molecule has 0 radical (unpaired) electrons. The second-order valence-corrected chi connectivity index (χ2v) is 6.84. The van der Waals surface area contributed by atoms with Crippen LogP contribution in [0, 0.1) is 0 Å². The molecule has 0 spiro atoms. The van der Waals surface area contributed by atoms with Crippen molar-refractivity contribution in [3.05, 3.63) is 59.8 Å². The van der Waals surface area contributed by atoms with E-state index in [1.54, 1.807) is 11.9 Å². The Bertz CT molecular complexity index is 1200. The number of aromatic nitrogens is 7.